The maximum Gasteiger partial charge on any atom is 0.123 e. The second-order valence-electron chi connectivity index (χ2n) is 4.78. The number of ether oxygens (including phenoxy) is 1. The predicted molar refractivity (Wildman–Crippen MR) is 68.9 cm³/mol. The van der Waals surface area contributed by atoms with E-state index in [4.69, 9.17) is 4.74 Å². The van der Waals surface area contributed by atoms with Crippen LogP contribution in [-0.2, 0) is 5.54 Å². The van der Waals surface area contributed by atoms with Crippen molar-refractivity contribution in [2.75, 3.05) is 7.11 Å². The number of nitrogens with one attached hydrogen (secondary N) is 1. The standard InChI is InChI=1S/C14H23NO/c1-6-11(2)15-14(3,4)12-9-7-8-10-13(12)16-5/h7-11,15H,6H2,1-5H3. The Kier molecular flexibility index (Phi) is 4.36. The van der Waals surface area contributed by atoms with Gasteiger partial charge >= 0.3 is 0 Å². The number of para-hydroxylation sites is 1. The first-order valence-electron chi connectivity index (χ1n) is 5.92. The number of rotatable bonds is 5. The summed E-state index contributed by atoms with van der Waals surface area (Å²) in [6.07, 6.45) is 1.12. The molecule has 0 bridgehead atoms. The lowest BCUT2D eigenvalue weighted by Crippen LogP contribution is -2.42. The highest BCUT2D eigenvalue weighted by atomic mass is 16.5. The van der Waals surface area contributed by atoms with Crippen LogP contribution in [0.3, 0.4) is 0 Å². The SMILES string of the molecule is CCC(C)NC(C)(C)c1ccccc1OC. The molecule has 1 atom stereocenters. The molecule has 0 radical (unpaired) electrons. The van der Waals surface area contributed by atoms with Crippen molar-refractivity contribution in [1.82, 2.24) is 5.32 Å². The molecule has 16 heavy (non-hydrogen) atoms. The highest BCUT2D eigenvalue weighted by Crippen LogP contribution is 2.29. The minimum Gasteiger partial charge on any atom is -0.496 e. The molecule has 0 saturated carbocycles. The van der Waals surface area contributed by atoms with Crippen LogP contribution in [0.15, 0.2) is 24.3 Å². The lowest BCUT2D eigenvalue weighted by Gasteiger charge is -2.31. The summed E-state index contributed by atoms with van der Waals surface area (Å²) in [5.74, 6) is 0.948. The van der Waals surface area contributed by atoms with Crippen molar-refractivity contribution >= 4 is 0 Å². The van der Waals surface area contributed by atoms with E-state index in [1.54, 1.807) is 7.11 Å². The number of methoxy groups -OCH3 is 1. The van der Waals surface area contributed by atoms with Gasteiger partial charge in [0.1, 0.15) is 5.75 Å². The summed E-state index contributed by atoms with van der Waals surface area (Å²) in [6.45, 7) is 8.78. The first-order valence-corrected chi connectivity index (χ1v) is 5.92. The Morgan fingerprint density at radius 3 is 2.50 bits per heavy atom. The van der Waals surface area contributed by atoms with E-state index in [1.165, 1.54) is 5.56 Å². The highest BCUT2D eigenvalue weighted by molar-refractivity contribution is 5.38. The van der Waals surface area contributed by atoms with E-state index in [0.717, 1.165) is 12.2 Å². The quantitative estimate of drug-likeness (QED) is 0.823. The smallest absolute Gasteiger partial charge is 0.123 e. The van der Waals surface area contributed by atoms with Crippen LogP contribution >= 0.6 is 0 Å². The van der Waals surface area contributed by atoms with Crippen molar-refractivity contribution in [3.63, 3.8) is 0 Å². The molecule has 0 aliphatic carbocycles. The van der Waals surface area contributed by atoms with E-state index >= 15 is 0 Å². The highest BCUT2D eigenvalue weighted by Gasteiger charge is 2.24. The molecule has 0 heterocycles. The molecular weight excluding hydrogens is 198 g/mol. The predicted octanol–water partition coefficient (Wildman–Crippen LogP) is 3.32. The van der Waals surface area contributed by atoms with Gasteiger partial charge in [-0.05, 0) is 33.3 Å². The molecule has 0 amide bonds. The van der Waals surface area contributed by atoms with Gasteiger partial charge in [0.2, 0.25) is 0 Å². The van der Waals surface area contributed by atoms with Crippen molar-refractivity contribution in [2.24, 2.45) is 0 Å². The molecule has 0 saturated heterocycles. The number of benzene rings is 1. The monoisotopic (exact) mass is 221 g/mol. The van der Waals surface area contributed by atoms with Crippen LogP contribution in [0.1, 0.15) is 39.7 Å². The van der Waals surface area contributed by atoms with Crippen molar-refractivity contribution in [3.8, 4) is 5.75 Å². The lowest BCUT2D eigenvalue weighted by atomic mass is 9.92. The Morgan fingerprint density at radius 2 is 1.94 bits per heavy atom. The van der Waals surface area contributed by atoms with Gasteiger partial charge in [0.25, 0.3) is 0 Å². The molecule has 0 fully saturated rings. The zero-order chi connectivity index (χ0) is 12.2. The van der Waals surface area contributed by atoms with Crippen LogP contribution in [0.2, 0.25) is 0 Å². The molecular formula is C14H23NO. The summed E-state index contributed by atoms with van der Waals surface area (Å²) in [4.78, 5) is 0. The molecule has 2 nitrogen and oxygen atoms in total. The summed E-state index contributed by atoms with van der Waals surface area (Å²) in [5, 5.41) is 3.62. The molecule has 0 aliphatic rings. The van der Waals surface area contributed by atoms with Crippen molar-refractivity contribution in [3.05, 3.63) is 29.8 Å². The molecule has 1 unspecified atom stereocenters. The van der Waals surface area contributed by atoms with Gasteiger partial charge in [0.05, 0.1) is 7.11 Å². The maximum atomic E-state index is 5.41. The summed E-state index contributed by atoms with van der Waals surface area (Å²) in [5.41, 5.74) is 1.14. The van der Waals surface area contributed by atoms with E-state index < -0.39 is 0 Å². The van der Waals surface area contributed by atoms with E-state index in [9.17, 15) is 0 Å². The van der Waals surface area contributed by atoms with Crippen LogP contribution in [-0.4, -0.2) is 13.2 Å². The second-order valence-corrected chi connectivity index (χ2v) is 4.78. The lowest BCUT2D eigenvalue weighted by molar-refractivity contribution is 0.327. The van der Waals surface area contributed by atoms with Crippen LogP contribution in [0, 0.1) is 0 Å². The molecule has 0 aromatic heterocycles. The Hall–Kier alpha value is -1.02. The third-order valence-corrected chi connectivity index (χ3v) is 3.00. The molecule has 1 aromatic rings. The van der Waals surface area contributed by atoms with Gasteiger partial charge in [0, 0.05) is 17.1 Å². The zero-order valence-electron chi connectivity index (χ0n) is 11.0. The van der Waals surface area contributed by atoms with Gasteiger partial charge in [-0.2, -0.15) is 0 Å². The Bertz CT molecular complexity index is 333. The number of hydrogen-bond donors (Lipinski definition) is 1. The Labute approximate surface area is 99.0 Å². The average Bonchev–Trinajstić information content (AvgIpc) is 2.28. The normalized spacial score (nSPS) is 13.6. The largest absolute Gasteiger partial charge is 0.496 e. The minimum atomic E-state index is -0.0674. The molecule has 1 aromatic carbocycles. The van der Waals surface area contributed by atoms with Gasteiger partial charge < -0.3 is 10.1 Å². The maximum absolute atomic E-state index is 5.41. The molecule has 1 rings (SSSR count). The first-order chi connectivity index (χ1) is 7.51. The van der Waals surface area contributed by atoms with Gasteiger partial charge in [-0.15, -0.1) is 0 Å². The average molecular weight is 221 g/mol. The Morgan fingerprint density at radius 1 is 1.31 bits per heavy atom. The summed E-state index contributed by atoms with van der Waals surface area (Å²) < 4.78 is 5.41. The molecule has 1 N–H and O–H groups in total. The summed E-state index contributed by atoms with van der Waals surface area (Å²) in [6, 6.07) is 8.68. The van der Waals surface area contributed by atoms with Crippen molar-refractivity contribution in [1.29, 1.82) is 0 Å². The topological polar surface area (TPSA) is 21.3 Å². The first kappa shape index (κ1) is 13.0. The third kappa shape index (κ3) is 2.99. The molecule has 90 valence electrons. The summed E-state index contributed by atoms with van der Waals surface area (Å²) >= 11 is 0. The fraction of sp³-hybridized carbons (Fsp3) is 0.571. The fourth-order valence-corrected chi connectivity index (χ4v) is 1.96. The minimum absolute atomic E-state index is 0.0674. The van der Waals surface area contributed by atoms with E-state index in [0.29, 0.717) is 6.04 Å². The van der Waals surface area contributed by atoms with Crippen molar-refractivity contribution < 1.29 is 4.74 Å². The van der Waals surface area contributed by atoms with E-state index in [-0.39, 0.29) is 5.54 Å². The van der Waals surface area contributed by atoms with Gasteiger partial charge in [-0.25, -0.2) is 0 Å². The Balaban J connectivity index is 2.96. The molecule has 2 heteroatoms. The summed E-state index contributed by atoms with van der Waals surface area (Å²) in [7, 11) is 1.72. The van der Waals surface area contributed by atoms with Crippen LogP contribution in [0.25, 0.3) is 0 Å². The van der Waals surface area contributed by atoms with Crippen LogP contribution in [0.4, 0.5) is 0 Å². The van der Waals surface area contributed by atoms with Gasteiger partial charge in [0.15, 0.2) is 0 Å². The van der Waals surface area contributed by atoms with Crippen molar-refractivity contribution in [2.45, 2.75) is 45.7 Å². The van der Waals surface area contributed by atoms with E-state index in [2.05, 4.69) is 45.1 Å². The number of hydrogen-bond acceptors (Lipinski definition) is 2. The second kappa shape index (κ2) is 5.35. The molecule has 0 spiro atoms. The van der Waals surface area contributed by atoms with Crippen LogP contribution in [0.5, 0.6) is 5.75 Å². The fourth-order valence-electron chi connectivity index (χ4n) is 1.96. The van der Waals surface area contributed by atoms with Gasteiger partial charge in [-0.3, -0.25) is 0 Å². The van der Waals surface area contributed by atoms with E-state index in [1.807, 2.05) is 12.1 Å². The van der Waals surface area contributed by atoms with Crippen LogP contribution < -0.4 is 10.1 Å². The van der Waals surface area contributed by atoms with Gasteiger partial charge in [-0.1, -0.05) is 25.1 Å². The third-order valence-electron chi connectivity index (χ3n) is 3.00. The molecule has 0 aliphatic heterocycles. The zero-order valence-corrected chi connectivity index (χ0v) is 11.0.